The molecule has 4 rings (SSSR count). The fourth-order valence-electron chi connectivity index (χ4n) is 3.31. The van der Waals surface area contributed by atoms with E-state index in [1.165, 1.54) is 40.2 Å². The minimum absolute atomic E-state index is 0.00372. The molecule has 1 N–H and O–H groups in total. The molecule has 0 spiro atoms. The Bertz CT molecular complexity index is 1470. The Labute approximate surface area is 204 Å². The van der Waals surface area contributed by atoms with Gasteiger partial charge in [0.15, 0.2) is 5.82 Å². The van der Waals surface area contributed by atoms with Crippen molar-refractivity contribution >= 4 is 38.9 Å². The van der Waals surface area contributed by atoms with Gasteiger partial charge in [0.2, 0.25) is 0 Å². The van der Waals surface area contributed by atoms with Crippen LogP contribution in [0.2, 0.25) is 0 Å². The number of imidazole rings is 1. The van der Waals surface area contributed by atoms with Gasteiger partial charge in [0, 0.05) is 16.1 Å². The van der Waals surface area contributed by atoms with Crippen molar-refractivity contribution in [2.24, 2.45) is 0 Å². The Morgan fingerprint density at radius 2 is 1.71 bits per heavy atom. The van der Waals surface area contributed by atoms with Crippen molar-refractivity contribution in [2.45, 2.75) is 35.8 Å². The van der Waals surface area contributed by atoms with Crippen LogP contribution in [0.4, 0.5) is 14.6 Å². The maximum Gasteiger partial charge on any atom is 0.354 e. The van der Waals surface area contributed by atoms with Crippen LogP contribution in [0.1, 0.15) is 21.7 Å². The molecule has 6 nitrogen and oxygen atoms in total. The molecule has 0 aromatic heterocycles. The van der Waals surface area contributed by atoms with Crippen LogP contribution < -0.4 is 10.4 Å². The van der Waals surface area contributed by atoms with Crippen LogP contribution in [0.3, 0.4) is 0 Å². The van der Waals surface area contributed by atoms with Crippen molar-refractivity contribution in [1.82, 2.24) is 9.55 Å². The van der Waals surface area contributed by atoms with Crippen molar-refractivity contribution in [1.29, 1.82) is 0 Å². The number of alkyl halides is 2. The van der Waals surface area contributed by atoms with E-state index < -0.39 is 27.4 Å². The lowest BCUT2D eigenvalue weighted by molar-refractivity contribution is 0.0232. The van der Waals surface area contributed by atoms with Crippen molar-refractivity contribution in [2.75, 3.05) is 10.5 Å². The number of rotatable bonds is 7. The zero-order chi connectivity index (χ0) is 24.7. The molecule has 2 aliphatic rings. The van der Waals surface area contributed by atoms with Gasteiger partial charge in [-0.05, 0) is 32.9 Å². The summed E-state index contributed by atoms with van der Waals surface area (Å²) in [5.74, 6) is -3.90. The third-order valence-corrected chi connectivity index (χ3v) is 9.17. The third-order valence-electron chi connectivity index (χ3n) is 5.27. The van der Waals surface area contributed by atoms with Gasteiger partial charge in [0.1, 0.15) is 5.69 Å². The number of hydrogen-bond acceptors (Lipinski definition) is 6. The number of nitrogens with zero attached hydrogens (tertiary/aromatic N) is 2. The SMILES string of the molecule is Cc1ccc(S(=O)(=O)Nc2nc(=O)n3c(C)c(C)sc(SCC(F)(F)c4ccccc4)c2-3)cc1. The number of benzene rings is 2. The fraction of sp³-hybridized carbons (Fsp3) is 0.217. The van der Waals surface area contributed by atoms with Gasteiger partial charge >= 0.3 is 5.69 Å². The fourth-order valence-corrected chi connectivity index (χ4v) is 6.71. The highest BCUT2D eigenvalue weighted by atomic mass is 32.2. The Kier molecular flexibility index (Phi) is 6.54. The molecule has 2 aliphatic heterocycles. The highest BCUT2D eigenvalue weighted by Gasteiger charge is 2.33. The second-order valence-corrected chi connectivity index (χ2v) is 11.9. The number of aromatic nitrogens is 2. The molecule has 0 bridgehead atoms. The van der Waals surface area contributed by atoms with Gasteiger partial charge in [0.25, 0.3) is 15.9 Å². The number of thioether (sulfide) groups is 1. The van der Waals surface area contributed by atoms with Gasteiger partial charge in [-0.2, -0.15) is 4.98 Å². The molecule has 2 aromatic rings. The molecule has 0 saturated heterocycles. The molecular formula is C23H21F2N3O3S3. The van der Waals surface area contributed by atoms with E-state index in [1.54, 1.807) is 44.2 Å². The minimum atomic E-state index is -4.05. The summed E-state index contributed by atoms with van der Waals surface area (Å²) < 4.78 is 59.6. The van der Waals surface area contributed by atoms with Crippen molar-refractivity contribution in [3.63, 3.8) is 0 Å². The van der Waals surface area contributed by atoms with Crippen LogP contribution in [-0.2, 0) is 15.9 Å². The Hall–Kier alpha value is -2.76. The quantitative estimate of drug-likeness (QED) is 0.332. The van der Waals surface area contributed by atoms with E-state index in [0.29, 0.717) is 9.90 Å². The average Bonchev–Trinajstić information content (AvgIpc) is 3.11. The first-order valence-electron chi connectivity index (χ1n) is 10.2. The number of hydrogen-bond donors (Lipinski definition) is 1. The van der Waals surface area contributed by atoms with E-state index in [1.807, 2.05) is 6.92 Å². The summed E-state index contributed by atoms with van der Waals surface area (Å²) >= 11 is 2.08. The van der Waals surface area contributed by atoms with Crippen molar-refractivity contribution in [3.05, 3.63) is 86.8 Å². The number of halogens is 2. The van der Waals surface area contributed by atoms with Crippen molar-refractivity contribution in [3.8, 4) is 5.69 Å². The smallest absolute Gasteiger partial charge is 0.261 e. The molecule has 0 fully saturated rings. The summed E-state index contributed by atoms with van der Waals surface area (Å²) in [6, 6.07) is 13.7. The summed E-state index contributed by atoms with van der Waals surface area (Å²) in [4.78, 5) is 17.3. The molecule has 2 heterocycles. The van der Waals surface area contributed by atoms with Crippen LogP contribution in [0, 0.1) is 20.8 Å². The summed E-state index contributed by atoms with van der Waals surface area (Å²) in [6.07, 6.45) is 0. The first-order chi connectivity index (χ1) is 16.0. The predicted octanol–water partition coefficient (Wildman–Crippen LogP) is 5.34. The van der Waals surface area contributed by atoms with Crippen molar-refractivity contribution < 1.29 is 17.2 Å². The van der Waals surface area contributed by atoms with Crippen LogP contribution >= 0.6 is 23.1 Å². The predicted molar refractivity (Wildman–Crippen MR) is 131 cm³/mol. The third kappa shape index (κ3) is 4.73. The normalized spacial score (nSPS) is 12.3. The van der Waals surface area contributed by atoms with E-state index in [0.717, 1.165) is 22.2 Å². The Morgan fingerprint density at radius 1 is 1.06 bits per heavy atom. The lowest BCUT2D eigenvalue weighted by atomic mass is 10.1. The second-order valence-electron chi connectivity index (χ2n) is 7.74. The topological polar surface area (TPSA) is 81.1 Å². The van der Waals surface area contributed by atoms with Crippen LogP contribution in [-0.4, -0.2) is 23.7 Å². The van der Waals surface area contributed by atoms with Gasteiger partial charge in [0.05, 0.1) is 14.9 Å². The standard InChI is InChI=1S/C23H21F2N3O3S3/c1-14-9-11-18(12-10-14)34(30,31)27-20-19-21(33-16(3)15(2)28(19)22(29)26-20)32-13-23(24,25)17-7-5-4-6-8-17/h4-12H,13H2,1-3H3,(H,26,27,29). The van der Waals surface area contributed by atoms with Gasteiger partial charge in [-0.3, -0.25) is 9.29 Å². The molecule has 2 aromatic carbocycles. The zero-order valence-corrected chi connectivity index (χ0v) is 21.0. The number of fused-ring (bicyclic) bond motifs is 1. The lowest BCUT2D eigenvalue weighted by Gasteiger charge is -2.19. The molecular weight excluding hydrogens is 500 g/mol. The number of sulfonamides is 1. The molecule has 0 saturated carbocycles. The monoisotopic (exact) mass is 521 g/mol. The van der Waals surface area contributed by atoms with E-state index >= 15 is 0 Å². The van der Waals surface area contributed by atoms with Gasteiger partial charge in [-0.25, -0.2) is 22.0 Å². The zero-order valence-electron chi connectivity index (χ0n) is 18.5. The maximum absolute atomic E-state index is 14.8. The molecule has 0 aliphatic carbocycles. The number of nitrogens with one attached hydrogen (secondary N) is 1. The number of aryl methyl sites for hydroxylation is 2. The molecule has 0 unspecified atom stereocenters. The highest BCUT2D eigenvalue weighted by molar-refractivity contribution is 8.01. The molecule has 178 valence electrons. The van der Waals surface area contributed by atoms with Crippen LogP contribution in [0.15, 0.2) is 68.5 Å². The van der Waals surface area contributed by atoms with E-state index in [4.69, 9.17) is 0 Å². The van der Waals surface area contributed by atoms with Gasteiger partial charge in [-0.15, -0.1) is 23.1 Å². The summed E-state index contributed by atoms with van der Waals surface area (Å²) in [6.45, 7) is 5.30. The first kappa shape index (κ1) is 24.4. The molecule has 0 amide bonds. The van der Waals surface area contributed by atoms with Gasteiger partial charge < -0.3 is 0 Å². The molecule has 0 radical (unpaired) electrons. The molecule has 34 heavy (non-hydrogen) atoms. The van der Waals surface area contributed by atoms with E-state index in [2.05, 4.69) is 9.71 Å². The molecule has 11 heteroatoms. The first-order valence-corrected chi connectivity index (χ1v) is 13.5. The van der Waals surface area contributed by atoms with E-state index in [9.17, 15) is 22.0 Å². The minimum Gasteiger partial charge on any atom is -0.261 e. The second kappa shape index (κ2) is 9.12. The van der Waals surface area contributed by atoms with Crippen LogP contribution in [0.5, 0.6) is 0 Å². The summed E-state index contributed by atoms with van der Waals surface area (Å²) in [5.41, 5.74) is 0.826. The summed E-state index contributed by atoms with van der Waals surface area (Å²) in [5, 5.41) is 0. The largest absolute Gasteiger partial charge is 0.354 e. The summed E-state index contributed by atoms with van der Waals surface area (Å²) in [7, 11) is -4.05. The lowest BCUT2D eigenvalue weighted by Crippen LogP contribution is -2.19. The average molecular weight is 522 g/mol. The molecule has 0 atom stereocenters. The Morgan fingerprint density at radius 3 is 2.35 bits per heavy atom. The van der Waals surface area contributed by atoms with E-state index in [-0.39, 0.29) is 22.0 Å². The highest BCUT2D eigenvalue weighted by Crippen LogP contribution is 2.42. The Balaban J connectivity index is 1.75. The maximum atomic E-state index is 14.8. The van der Waals surface area contributed by atoms with Crippen LogP contribution in [0.25, 0.3) is 5.69 Å². The number of anilines is 1. The van der Waals surface area contributed by atoms with Gasteiger partial charge in [-0.1, -0.05) is 48.0 Å².